The predicted molar refractivity (Wildman–Crippen MR) is 67.3 cm³/mol. The van der Waals surface area contributed by atoms with Gasteiger partial charge in [0.15, 0.2) is 6.23 Å². The van der Waals surface area contributed by atoms with Crippen LogP contribution in [-0.4, -0.2) is 51.6 Å². The molecule has 7 nitrogen and oxygen atoms in total. The monoisotopic (exact) mass is 288 g/mol. The number of thiol groups is 1. The highest BCUT2D eigenvalue weighted by Crippen LogP contribution is 2.28. The van der Waals surface area contributed by atoms with E-state index in [4.69, 9.17) is 9.84 Å². The van der Waals surface area contributed by atoms with Gasteiger partial charge in [-0.1, -0.05) is 0 Å². The number of hydrazine groups is 1. The Morgan fingerprint density at radius 2 is 2.16 bits per heavy atom. The summed E-state index contributed by atoms with van der Waals surface area (Å²) < 4.78 is 4.73. The lowest BCUT2D eigenvalue weighted by molar-refractivity contribution is -0.196. The largest absolute Gasteiger partial charge is 0.507 e. The van der Waals surface area contributed by atoms with Crippen LogP contribution < -0.4 is 0 Å². The van der Waals surface area contributed by atoms with Crippen molar-refractivity contribution in [3.63, 3.8) is 0 Å². The zero-order chi connectivity index (χ0) is 14.0. The highest BCUT2D eigenvalue weighted by Gasteiger charge is 2.42. The Morgan fingerprint density at radius 3 is 2.79 bits per heavy atom. The van der Waals surface area contributed by atoms with E-state index in [0.29, 0.717) is 31.6 Å². The van der Waals surface area contributed by atoms with Crippen molar-refractivity contribution in [1.29, 1.82) is 0 Å². The Bertz CT molecular complexity index is 403. The van der Waals surface area contributed by atoms with Crippen molar-refractivity contribution in [2.45, 2.75) is 31.9 Å². The summed E-state index contributed by atoms with van der Waals surface area (Å²) in [5, 5.41) is 11.2. The van der Waals surface area contributed by atoms with Crippen LogP contribution in [-0.2, 0) is 14.3 Å². The van der Waals surface area contributed by atoms with Gasteiger partial charge in [0.25, 0.3) is 0 Å². The molecule has 106 valence electrons. The molecule has 2 aliphatic heterocycles. The lowest BCUT2D eigenvalue weighted by atomic mass is 10.0. The third-order valence-corrected chi connectivity index (χ3v) is 3.82. The van der Waals surface area contributed by atoms with Gasteiger partial charge in [-0.3, -0.25) is 9.59 Å². The molecule has 0 spiro atoms. The normalized spacial score (nSPS) is 27.8. The van der Waals surface area contributed by atoms with Crippen molar-refractivity contribution in [2.24, 2.45) is 5.92 Å². The van der Waals surface area contributed by atoms with Gasteiger partial charge in [0.1, 0.15) is 0 Å². The van der Waals surface area contributed by atoms with E-state index in [1.54, 1.807) is 0 Å². The van der Waals surface area contributed by atoms with Crippen LogP contribution in [0.5, 0.6) is 0 Å². The fourth-order valence-corrected chi connectivity index (χ4v) is 2.78. The van der Waals surface area contributed by atoms with Crippen molar-refractivity contribution in [3.8, 4) is 0 Å². The Balaban J connectivity index is 2.27. The average molecular weight is 288 g/mol. The number of carbonyl (C=O) groups excluding carboxylic acids is 2. The molecule has 0 aromatic rings. The van der Waals surface area contributed by atoms with Gasteiger partial charge < -0.3 is 9.84 Å². The zero-order valence-electron chi connectivity index (χ0n) is 10.3. The standard InChI is InChI=1S/C11H16N2O5S/c14-8-4-3-7(6-19)10(15)13-9(18-11(16)17)2-1-5-12(8)13/h7,9,19H,1-6H2,(H,16,17)/t7-,9+/m1/s1. The highest BCUT2D eigenvalue weighted by atomic mass is 32.1. The summed E-state index contributed by atoms with van der Waals surface area (Å²) >= 11 is 4.12. The van der Waals surface area contributed by atoms with E-state index in [1.165, 1.54) is 10.0 Å². The quantitative estimate of drug-likeness (QED) is 0.577. The molecule has 2 rings (SSSR count). The van der Waals surface area contributed by atoms with Gasteiger partial charge in [0, 0.05) is 31.1 Å². The van der Waals surface area contributed by atoms with E-state index in [2.05, 4.69) is 12.6 Å². The maximum Gasteiger partial charge on any atom is 0.507 e. The summed E-state index contributed by atoms with van der Waals surface area (Å²) in [5.41, 5.74) is 0. The Hall–Kier alpha value is -1.44. The van der Waals surface area contributed by atoms with Crippen molar-refractivity contribution in [2.75, 3.05) is 12.3 Å². The van der Waals surface area contributed by atoms with Gasteiger partial charge in [-0.15, -0.1) is 0 Å². The number of rotatable bonds is 2. The van der Waals surface area contributed by atoms with Crippen LogP contribution in [0.3, 0.4) is 0 Å². The smallest absolute Gasteiger partial charge is 0.450 e. The third-order valence-electron chi connectivity index (χ3n) is 3.38. The molecule has 0 bridgehead atoms. The molecule has 2 saturated heterocycles. The number of hydrogen-bond acceptors (Lipinski definition) is 5. The number of amides is 2. The van der Waals surface area contributed by atoms with Crippen molar-refractivity contribution < 1.29 is 24.2 Å². The zero-order valence-corrected chi connectivity index (χ0v) is 11.2. The van der Waals surface area contributed by atoms with E-state index in [0.717, 1.165) is 0 Å². The summed E-state index contributed by atoms with van der Waals surface area (Å²) in [7, 11) is 0. The minimum Gasteiger partial charge on any atom is -0.450 e. The molecule has 0 radical (unpaired) electrons. The van der Waals surface area contributed by atoms with Crippen molar-refractivity contribution in [1.82, 2.24) is 10.0 Å². The molecule has 0 aliphatic carbocycles. The van der Waals surface area contributed by atoms with E-state index >= 15 is 0 Å². The summed E-state index contributed by atoms with van der Waals surface area (Å²) in [5.74, 6) is -0.505. The second kappa shape index (κ2) is 5.68. The minimum absolute atomic E-state index is 0.170. The maximum absolute atomic E-state index is 12.4. The van der Waals surface area contributed by atoms with E-state index < -0.39 is 12.4 Å². The molecule has 0 aromatic carbocycles. The summed E-state index contributed by atoms with van der Waals surface area (Å²) in [4.78, 5) is 35.0. The molecule has 2 atom stereocenters. The van der Waals surface area contributed by atoms with Crippen LogP contribution in [0.4, 0.5) is 4.79 Å². The first-order valence-electron chi connectivity index (χ1n) is 6.18. The fraction of sp³-hybridized carbons (Fsp3) is 0.727. The fourth-order valence-electron chi connectivity index (χ4n) is 2.44. The number of fused-ring (bicyclic) bond motifs is 1. The SMILES string of the molecule is O=C(O)O[C@H]1CCCN2C(=O)CC[C@H](CS)C(=O)N12. The summed E-state index contributed by atoms with van der Waals surface area (Å²) in [6.07, 6.45) is -0.636. The Morgan fingerprint density at radius 1 is 1.42 bits per heavy atom. The molecule has 2 fully saturated rings. The van der Waals surface area contributed by atoms with Crippen LogP contribution in [0.1, 0.15) is 25.7 Å². The number of nitrogens with zero attached hydrogens (tertiary/aromatic N) is 2. The van der Waals surface area contributed by atoms with Crippen molar-refractivity contribution in [3.05, 3.63) is 0 Å². The molecule has 2 amide bonds. The van der Waals surface area contributed by atoms with Crippen LogP contribution in [0.2, 0.25) is 0 Å². The summed E-state index contributed by atoms with van der Waals surface area (Å²) in [6, 6.07) is 0. The van der Waals surface area contributed by atoms with E-state index in [1.807, 2.05) is 0 Å². The molecule has 2 heterocycles. The molecule has 0 aromatic heterocycles. The van der Waals surface area contributed by atoms with Gasteiger partial charge in [0.05, 0.1) is 0 Å². The average Bonchev–Trinajstić information content (AvgIpc) is 2.48. The van der Waals surface area contributed by atoms with Gasteiger partial charge >= 0.3 is 6.16 Å². The van der Waals surface area contributed by atoms with Gasteiger partial charge in [-0.25, -0.2) is 14.8 Å². The summed E-state index contributed by atoms with van der Waals surface area (Å²) in [6.45, 7) is 0.420. The number of carbonyl (C=O) groups is 3. The third kappa shape index (κ3) is 2.78. The van der Waals surface area contributed by atoms with Gasteiger partial charge in [-0.2, -0.15) is 12.6 Å². The number of carboxylic acid groups (broad SMARTS) is 1. The Kier molecular flexibility index (Phi) is 4.18. The first kappa shape index (κ1) is 14.0. The molecule has 2 aliphatic rings. The molecular formula is C11H16N2O5S. The lowest BCUT2D eigenvalue weighted by Crippen LogP contribution is -2.58. The van der Waals surface area contributed by atoms with Crippen LogP contribution in [0.15, 0.2) is 0 Å². The second-order valence-corrected chi connectivity index (χ2v) is 4.96. The molecule has 1 N–H and O–H groups in total. The van der Waals surface area contributed by atoms with E-state index in [9.17, 15) is 14.4 Å². The Labute approximate surface area is 115 Å². The maximum atomic E-state index is 12.4. The number of ether oxygens (including phenoxy) is 1. The van der Waals surface area contributed by atoms with Gasteiger partial charge in [0.2, 0.25) is 11.8 Å². The predicted octanol–water partition coefficient (Wildman–Crippen LogP) is 0.713. The first-order valence-corrected chi connectivity index (χ1v) is 6.81. The van der Waals surface area contributed by atoms with Crippen LogP contribution in [0.25, 0.3) is 0 Å². The first-order chi connectivity index (χ1) is 9.04. The molecule has 8 heteroatoms. The minimum atomic E-state index is -1.45. The molecule has 0 unspecified atom stereocenters. The second-order valence-electron chi connectivity index (χ2n) is 4.60. The van der Waals surface area contributed by atoms with Crippen LogP contribution >= 0.6 is 12.6 Å². The van der Waals surface area contributed by atoms with Crippen LogP contribution in [0, 0.1) is 5.92 Å². The number of hydrogen-bond donors (Lipinski definition) is 2. The highest BCUT2D eigenvalue weighted by molar-refractivity contribution is 7.80. The van der Waals surface area contributed by atoms with Gasteiger partial charge in [-0.05, 0) is 12.8 Å². The van der Waals surface area contributed by atoms with E-state index in [-0.39, 0.29) is 24.2 Å². The molecule has 0 saturated carbocycles. The van der Waals surface area contributed by atoms with Crippen molar-refractivity contribution >= 4 is 30.6 Å². The lowest BCUT2D eigenvalue weighted by Gasteiger charge is -2.42. The molecule has 19 heavy (non-hydrogen) atoms. The molecular weight excluding hydrogens is 272 g/mol. The topological polar surface area (TPSA) is 87.1 Å².